The van der Waals surface area contributed by atoms with Gasteiger partial charge in [-0.1, -0.05) is 60.2 Å². The molecule has 0 saturated heterocycles. The lowest BCUT2D eigenvalue weighted by atomic mass is 10.2. The van der Waals surface area contributed by atoms with Gasteiger partial charge in [-0.25, -0.2) is 0 Å². The van der Waals surface area contributed by atoms with Crippen LogP contribution in [0.1, 0.15) is 11.1 Å². The van der Waals surface area contributed by atoms with Crippen LogP contribution in [0.3, 0.4) is 0 Å². The van der Waals surface area contributed by atoms with Crippen molar-refractivity contribution in [3.8, 4) is 0 Å². The maximum Gasteiger partial charge on any atom is 0.234 e. The van der Waals surface area contributed by atoms with E-state index < -0.39 is 0 Å². The van der Waals surface area contributed by atoms with Crippen molar-refractivity contribution in [2.75, 3.05) is 16.8 Å². The van der Waals surface area contributed by atoms with Crippen LogP contribution in [-0.4, -0.2) is 17.4 Å². The van der Waals surface area contributed by atoms with E-state index >= 15 is 0 Å². The Balaban J connectivity index is 1.74. The summed E-state index contributed by atoms with van der Waals surface area (Å²) >= 11 is 7.52. The van der Waals surface area contributed by atoms with Gasteiger partial charge in [0.05, 0.1) is 5.75 Å². The molecule has 1 amide bonds. The predicted octanol–water partition coefficient (Wildman–Crippen LogP) is 5.03. The molecule has 0 aliphatic heterocycles. The number of thioether (sulfide) groups is 1. The Morgan fingerprint density at radius 3 is 2.77 bits per heavy atom. The molecule has 4 heteroatoms. The molecule has 0 atom stereocenters. The zero-order valence-electron chi connectivity index (χ0n) is 12.4. The van der Waals surface area contributed by atoms with Gasteiger partial charge in [0.25, 0.3) is 0 Å². The molecule has 2 aromatic carbocycles. The lowest BCUT2D eigenvalue weighted by Gasteiger charge is -2.08. The summed E-state index contributed by atoms with van der Waals surface area (Å²) < 4.78 is 0. The first-order chi connectivity index (χ1) is 10.6. The summed E-state index contributed by atoms with van der Waals surface area (Å²) in [6, 6.07) is 15.6. The maximum atomic E-state index is 11.9. The molecule has 1 N–H and O–H groups in total. The van der Waals surface area contributed by atoms with Crippen LogP contribution in [0.25, 0.3) is 6.08 Å². The number of anilines is 1. The second kappa shape index (κ2) is 8.66. The minimum Gasteiger partial charge on any atom is -0.325 e. The molecule has 114 valence electrons. The summed E-state index contributed by atoms with van der Waals surface area (Å²) in [6.45, 7) is 1.95. The van der Waals surface area contributed by atoms with Crippen LogP contribution >= 0.6 is 23.4 Å². The van der Waals surface area contributed by atoms with Crippen molar-refractivity contribution in [1.82, 2.24) is 0 Å². The molecule has 0 aromatic heterocycles. The van der Waals surface area contributed by atoms with Gasteiger partial charge in [-0.15, -0.1) is 11.8 Å². The number of carbonyl (C=O) groups excluding carboxylic acids is 1. The first-order valence-corrected chi connectivity index (χ1v) is 8.54. The zero-order chi connectivity index (χ0) is 15.8. The predicted molar refractivity (Wildman–Crippen MR) is 97.6 cm³/mol. The van der Waals surface area contributed by atoms with Crippen LogP contribution < -0.4 is 5.32 Å². The number of hydrogen-bond donors (Lipinski definition) is 1. The molecule has 2 aromatic rings. The molecule has 0 aliphatic carbocycles. The number of benzene rings is 2. The summed E-state index contributed by atoms with van der Waals surface area (Å²) in [7, 11) is 0. The van der Waals surface area contributed by atoms with E-state index in [4.69, 9.17) is 11.6 Å². The van der Waals surface area contributed by atoms with Gasteiger partial charge in [-0.3, -0.25) is 4.79 Å². The van der Waals surface area contributed by atoms with E-state index in [1.807, 2.05) is 37.3 Å². The fourth-order valence-electron chi connectivity index (χ4n) is 1.88. The summed E-state index contributed by atoms with van der Waals surface area (Å²) in [5.74, 6) is 1.21. The summed E-state index contributed by atoms with van der Waals surface area (Å²) in [4.78, 5) is 11.9. The van der Waals surface area contributed by atoms with Crippen molar-refractivity contribution in [3.05, 3.63) is 70.8 Å². The zero-order valence-corrected chi connectivity index (χ0v) is 14.0. The van der Waals surface area contributed by atoms with Crippen molar-refractivity contribution in [2.45, 2.75) is 6.92 Å². The third-order valence-corrected chi connectivity index (χ3v) is 4.16. The monoisotopic (exact) mass is 331 g/mol. The quantitative estimate of drug-likeness (QED) is 0.752. The smallest absolute Gasteiger partial charge is 0.234 e. The van der Waals surface area contributed by atoms with E-state index in [2.05, 4.69) is 29.6 Å². The molecular weight excluding hydrogens is 314 g/mol. The number of rotatable bonds is 6. The lowest BCUT2D eigenvalue weighted by Crippen LogP contribution is -2.15. The molecule has 0 fully saturated rings. The fraction of sp³-hybridized carbons (Fsp3) is 0.167. The van der Waals surface area contributed by atoms with E-state index in [-0.39, 0.29) is 5.91 Å². The van der Waals surface area contributed by atoms with Crippen molar-refractivity contribution in [1.29, 1.82) is 0 Å². The van der Waals surface area contributed by atoms with Gasteiger partial charge in [-0.2, -0.15) is 0 Å². The Morgan fingerprint density at radius 1 is 1.23 bits per heavy atom. The van der Waals surface area contributed by atoms with Crippen LogP contribution in [0.2, 0.25) is 5.02 Å². The normalized spacial score (nSPS) is 10.8. The lowest BCUT2D eigenvalue weighted by molar-refractivity contribution is -0.113. The molecule has 0 radical (unpaired) electrons. The second-order valence-electron chi connectivity index (χ2n) is 4.84. The van der Waals surface area contributed by atoms with Crippen LogP contribution in [0.5, 0.6) is 0 Å². The number of hydrogen-bond acceptors (Lipinski definition) is 2. The van der Waals surface area contributed by atoms with Crippen molar-refractivity contribution in [2.24, 2.45) is 0 Å². The van der Waals surface area contributed by atoms with Gasteiger partial charge in [-0.05, 0) is 30.2 Å². The van der Waals surface area contributed by atoms with Gasteiger partial charge in [0.2, 0.25) is 5.91 Å². The van der Waals surface area contributed by atoms with E-state index in [0.717, 1.165) is 17.0 Å². The van der Waals surface area contributed by atoms with Crippen LogP contribution in [0.4, 0.5) is 5.69 Å². The van der Waals surface area contributed by atoms with E-state index in [0.29, 0.717) is 10.8 Å². The Bertz CT molecular complexity index is 655. The Labute approximate surface area is 140 Å². The highest BCUT2D eigenvalue weighted by molar-refractivity contribution is 8.00. The van der Waals surface area contributed by atoms with Crippen LogP contribution in [0.15, 0.2) is 54.6 Å². The summed E-state index contributed by atoms with van der Waals surface area (Å²) in [5.41, 5.74) is 2.95. The van der Waals surface area contributed by atoms with E-state index in [9.17, 15) is 4.79 Å². The molecule has 22 heavy (non-hydrogen) atoms. The van der Waals surface area contributed by atoms with Crippen molar-refractivity contribution in [3.63, 3.8) is 0 Å². The molecule has 0 unspecified atom stereocenters. The van der Waals surface area contributed by atoms with Gasteiger partial charge in [0, 0.05) is 16.5 Å². The van der Waals surface area contributed by atoms with Gasteiger partial charge in [0.15, 0.2) is 0 Å². The highest BCUT2D eigenvalue weighted by Gasteiger charge is 2.05. The van der Waals surface area contributed by atoms with E-state index in [1.165, 1.54) is 5.56 Å². The van der Waals surface area contributed by atoms with Crippen LogP contribution in [0, 0.1) is 6.92 Å². The first kappa shape index (κ1) is 16.7. The van der Waals surface area contributed by atoms with Crippen molar-refractivity contribution >= 4 is 41.0 Å². The molecule has 2 rings (SSSR count). The number of nitrogens with one attached hydrogen (secondary N) is 1. The van der Waals surface area contributed by atoms with Gasteiger partial charge < -0.3 is 5.32 Å². The highest BCUT2D eigenvalue weighted by Crippen LogP contribution is 2.20. The Hall–Kier alpha value is -1.71. The average molecular weight is 332 g/mol. The molecule has 0 spiro atoms. The largest absolute Gasteiger partial charge is 0.325 e. The standard InChI is InChI=1S/C18H18ClNOS/c1-14-9-10-16(19)12-17(14)20-18(21)13-22-11-5-8-15-6-3-2-4-7-15/h2-10,12H,11,13H2,1H3,(H,20,21)/b8-5+. The first-order valence-electron chi connectivity index (χ1n) is 7.00. The summed E-state index contributed by atoms with van der Waals surface area (Å²) in [5, 5.41) is 3.52. The average Bonchev–Trinajstić information content (AvgIpc) is 2.51. The van der Waals surface area contributed by atoms with Crippen molar-refractivity contribution < 1.29 is 4.79 Å². The SMILES string of the molecule is Cc1ccc(Cl)cc1NC(=O)CSC/C=C/c1ccccc1. The molecule has 0 saturated carbocycles. The minimum absolute atomic E-state index is 0.0107. The third kappa shape index (κ3) is 5.58. The topological polar surface area (TPSA) is 29.1 Å². The van der Waals surface area contributed by atoms with Gasteiger partial charge >= 0.3 is 0 Å². The molecule has 2 nitrogen and oxygen atoms in total. The Morgan fingerprint density at radius 2 is 2.00 bits per heavy atom. The number of carbonyl (C=O) groups is 1. The second-order valence-corrected chi connectivity index (χ2v) is 6.30. The highest BCUT2D eigenvalue weighted by atomic mass is 35.5. The third-order valence-electron chi connectivity index (χ3n) is 3.03. The van der Waals surface area contributed by atoms with Gasteiger partial charge in [0.1, 0.15) is 0 Å². The number of halogens is 1. The summed E-state index contributed by atoms with van der Waals surface area (Å²) in [6.07, 6.45) is 4.13. The fourth-order valence-corrected chi connectivity index (χ4v) is 2.66. The molecule has 0 heterocycles. The molecule has 0 bridgehead atoms. The Kier molecular flexibility index (Phi) is 6.56. The van der Waals surface area contributed by atoms with E-state index in [1.54, 1.807) is 17.8 Å². The maximum absolute atomic E-state index is 11.9. The number of amides is 1. The molecular formula is C18H18ClNOS. The minimum atomic E-state index is -0.0107. The number of aryl methyl sites for hydroxylation is 1. The van der Waals surface area contributed by atoms with Crippen LogP contribution in [-0.2, 0) is 4.79 Å². The molecule has 0 aliphatic rings.